The Morgan fingerprint density at radius 2 is 1.93 bits per heavy atom. The van der Waals surface area contributed by atoms with Gasteiger partial charge in [0, 0.05) is 13.1 Å². The van der Waals surface area contributed by atoms with Gasteiger partial charge in [-0.2, -0.15) is 0 Å². The van der Waals surface area contributed by atoms with Crippen LogP contribution in [0, 0.1) is 0 Å². The molecule has 0 saturated carbocycles. The maximum atomic E-state index is 13.2. The van der Waals surface area contributed by atoms with Gasteiger partial charge in [0.2, 0.25) is 5.91 Å². The van der Waals surface area contributed by atoms with Crippen molar-refractivity contribution in [2.24, 2.45) is 0 Å². The van der Waals surface area contributed by atoms with Crippen molar-refractivity contribution in [1.29, 1.82) is 0 Å². The monoisotopic (exact) mass is 383 g/mol. The maximum Gasteiger partial charge on any atom is 0.230 e. The minimum atomic E-state index is -3.31. The van der Waals surface area contributed by atoms with E-state index >= 15 is 0 Å². The molecule has 0 bridgehead atoms. The van der Waals surface area contributed by atoms with Crippen molar-refractivity contribution < 1.29 is 18.3 Å². The summed E-state index contributed by atoms with van der Waals surface area (Å²) in [5.74, 6) is -0.247. The van der Waals surface area contributed by atoms with Crippen molar-refractivity contribution in [2.45, 2.75) is 23.7 Å². The highest BCUT2D eigenvalue weighted by atomic mass is 32.2. The molecule has 1 unspecified atom stereocenters. The smallest absolute Gasteiger partial charge is 0.230 e. The Hall–Kier alpha value is -2.60. The van der Waals surface area contributed by atoms with E-state index in [9.17, 15) is 18.3 Å². The highest BCUT2D eigenvalue weighted by Crippen LogP contribution is 2.36. The lowest BCUT2D eigenvalue weighted by atomic mass is 9.92. The van der Waals surface area contributed by atoms with Gasteiger partial charge in [-0.3, -0.25) is 4.79 Å². The zero-order valence-electron chi connectivity index (χ0n) is 14.8. The van der Waals surface area contributed by atoms with Gasteiger partial charge < -0.3 is 10.0 Å². The van der Waals surface area contributed by atoms with Crippen LogP contribution in [0.1, 0.15) is 29.9 Å². The summed E-state index contributed by atoms with van der Waals surface area (Å²) in [6.07, 6.45) is 3.15. The second-order valence-corrected chi connectivity index (χ2v) is 9.10. The van der Waals surface area contributed by atoms with Crippen LogP contribution in [0.3, 0.4) is 0 Å². The Bertz CT molecular complexity index is 1030. The van der Waals surface area contributed by atoms with Crippen molar-refractivity contribution in [2.75, 3.05) is 18.8 Å². The van der Waals surface area contributed by atoms with Gasteiger partial charge in [0.15, 0.2) is 9.84 Å². The molecule has 0 spiro atoms. The number of sulfone groups is 1. The first kappa shape index (κ1) is 17.8. The Morgan fingerprint density at radius 3 is 2.74 bits per heavy atom. The normalized spacial score (nSPS) is 21.3. The Morgan fingerprint density at radius 1 is 1.11 bits per heavy atom. The number of amides is 1. The van der Waals surface area contributed by atoms with E-state index in [4.69, 9.17) is 0 Å². The number of nitrogens with zero attached hydrogens (tertiary/aromatic N) is 1. The standard InChI is InChI=1S/C21H21NO4S/c23-17-7-3-5-15(13-17)16-6-4-11-22(14-16)21(24)19-10-12-27(25,26)20-9-2-1-8-18(19)20/h1-3,5-9,13,19,23H,4,10-12,14H2. The molecular formula is C21H21NO4S. The van der Waals surface area contributed by atoms with Crippen LogP contribution < -0.4 is 0 Å². The molecule has 140 valence electrons. The Kier molecular flexibility index (Phi) is 4.52. The largest absolute Gasteiger partial charge is 0.508 e. The minimum Gasteiger partial charge on any atom is -0.508 e. The van der Waals surface area contributed by atoms with Gasteiger partial charge in [-0.1, -0.05) is 36.4 Å². The second-order valence-electron chi connectivity index (χ2n) is 7.03. The van der Waals surface area contributed by atoms with Crippen LogP contribution in [0.15, 0.2) is 59.5 Å². The number of rotatable bonds is 2. The van der Waals surface area contributed by atoms with Crippen LogP contribution in [0.2, 0.25) is 0 Å². The summed E-state index contributed by atoms with van der Waals surface area (Å²) in [7, 11) is -3.31. The van der Waals surface area contributed by atoms with Crippen LogP contribution in [0.4, 0.5) is 0 Å². The average molecular weight is 383 g/mol. The summed E-state index contributed by atoms with van der Waals surface area (Å²) in [5.41, 5.74) is 2.52. The van der Waals surface area contributed by atoms with Gasteiger partial charge in [0.1, 0.15) is 5.75 Å². The number of phenols is 1. The van der Waals surface area contributed by atoms with Crippen LogP contribution in [-0.4, -0.2) is 43.2 Å². The lowest BCUT2D eigenvalue weighted by molar-refractivity contribution is -0.132. The predicted molar refractivity (Wildman–Crippen MR) is 103 cm³/mol. The molecule has 1 N–H and O–H groups in total. The molecule has 2 aromatic carbocycles. The molecule has 0 saturated heterocycles. The number of benzene rings is 2. The molecule has 4 rings (SSSR count). The first-order valence-electron chi connectivity index (χ1n) is 9.04. The third kappa shape index (κ3) is 3.37. The zero-order valence-corrected chi connectivity index (χ0v) is 15.7. The number of hydrogen-bond donors (Lipinski definition) is 1. The van der Waals surface area contributed by atoms with Crippen LogP contribution in [0.5, 0.6) is 5.75 Å². The summed E-state index contributed by atoms with van der Waals surface area (Å²) >= 11 is 0. The quantitative estimate of drug-likeness (QED) is 0.865. The van der Waals surface area contributed by atoms with E-state index in [-0.39, 0.29) is 22.3 Å². The third-order valence-corrected chi connectivity index (χ3v) is 7.10. The Balaban J connectivity index is 1.60. The molecule has 2 aliphatic rings. The molecule has 2 aromatic rings. The van der Waals surface area contributed by atoms with Crippen molar-refractivity contribution in [3.8, 4) is 5.75 Å². The number of aromatic hydroxyl groups is 1. The number of hydrogen-bond acceptors (Lipinski definition) is 4. The molecule has 5 nitrogen and oxygen atoms in total. The van der Waals surface area contributed by atoms with Crippen LogP contribution in [-0.2, 0) is 14.6 Å². The van der Waals surface area contributed by atoms with Gasteiger partial charge in [0.05, 0.1) is 16.6 Å². The van der Waals surface area contributed by atoms with Crippen molar-refractivity contribution in [3.63, 3.8) is 0 Å². The van der Waals surface area contributed by atoms with Gasteiger partial charge in [-0.25, -0.2) is 8.42 Å². The van der Waals surface area contributed by atoms with Gasteiger partial charge in [0.25, 0.3) is 0 Å². The SMILES string of the molecule is O=C(C1CCS(=O)(=O)c2ccccc21)N1CCC=C(c2cccc(O)c2)C1. The van der Waals surface area contributed by atoms with E-state index < -0.39 is 15.8 Å². The highest BCUT2D eigenvalue weighted by Gasteiger charge is 2.36. The molecule has 0 aromatic heterocycles. The fourth-order valence-corrected chi connectivity index (χ4v) is 5.53. The first-order chi connectivity index (χ1) is 13.0. The molecule has 0 aliphatic carbocycles. The summed E-state index contributed by atoms with van der Waals surface area (Å²) in [5, 5.41) is 9.72. The third-order valence-electron chi connectivity index (χ3n) is 5.28. The molecule has 0 fully saturated rings. The fraction of sp³-hybridized carbons (Fsp3) is 0.286. The molecule has 2 heterocycles. The number of carbonyl (C=O) groups is 1. The van der Waals surface area contributed by atoms with E-state index in [1.165, 1.54) is 0 Å². The predicted octanol–water partition coefficient (Wildman–Crippen LogP) is 2.97. The molecule has 27 heavy (non-hydrogen) atoms. The number of fused-ring (bicyclic) bond motifs is 1. The topological polar surface area (TPSA) is 74.7 Å². The molecule has 6 heteroatoms. The van der Waals surface area contributed by atoms with Crippen LogP contribution in [0.25, 0.3) is 5.57 Å². The van der Waals surface area contributed by atoms with E-state index in [2.05, 4.69) is 6.08 Å². The average Bonchev–Trinajstić information content (AvgIpc) is 2.68. The lowest BCUT2D eigenvalue weighted by Gasteiger charge is -2.33. The van der Waals surface area contributed by atoms with Gasteiger partial charge >= 0.3 is 0 Å². The summed E-state index contributed by atoms with van der Waals surface area (Å²) in [4.78, 5) is 15.3. The molecular weight excluding hydrogens is 362 g/mol. The van der Waals surface area contributed by atoms with E-state index in [1.54, 1.807) is 47.4 Å². The Labute approximate surface area is 158 Å². The van der Waals surface area contributed by atoms with Crippen molar-refractivity contribution >= 4 is 21.3 Å². The summed E-state index contributed by atoms with van der Waals surface area (Å²) in [6.45, 7) is 1.08. The van der Waals surface area contributed by atoms with E-state index in [0.717, 1.165) is 17.6 Å². The lowest BCUT2D eigenvalue weighted by Crippen LogP contribution is -2.40. The summed E-state index contributed by atoms with van der Waals surface area (Å²) < 4.78 is 24.7. The van der Waals surface area contributed by atoms with Crippen LogP contribution >= 0.6 is 0 Å². The van der Waals surface area contributed by atoms with E-state index in [1.807, 2.05) is 6.07 Å². The maximum absolute atomic E-state index is 13.2. The second kappa shape index (κ2) is 6.85. The highest BCUT2D eigenvalue weighted by molar-refractivity contribution is 7.91. The molecule has 0 radical (unpaired) electrons. The summed E-state index contributed by atoms with van der Waals surface area (Å²) in [6, 6.07) is 13.9. The molecule has 1 atom stereocenters. The van der Waals surface area contributed by atoms with Gasteiger partial charge in [-0.15, -0.1) is 0 Å². The molecule has 1 amide bonds. The number of phenolic OH excluding ortho intramolecular Hbond substituents is 1. The zero-order chi connectivity index (χ0) is 19.0. The van der Waals surface area contributed by atoms with E-state index in [0.29, 0.717) is 25.1 Å². The van der Waals surface area contributed by atoms with Gasteiger partial charge in [-0.05, 0) is 47.7 Å². The number of carbonyl (C=O) groups excluding carboxylic acids is 1. The fourth-order valence-electron chi connectivity index (χ4n) is 3.91. The van der Waals surface area contributed by atoms with Crippen molar-refractivity contribution in [1.82, 2.24) is 4.90 Å². The molecule has 2 aliphatic heterocycles. The first-order valence-corrected chi connectivity index (χ1v) is 10.7. The van der Waals surface area contributed by atoms with Crippen molar-refractivity contribution in [3.05, 3.63) is 65.7 Å². The minimum absolute atomic E-state index is 0.00349.